The molecule has 0 aliphatic carbocycles. The molecular formula is C27H31N5O2. The monoisotopic (exact) mass is 457 g/mol. The van der Waals surface area contributed by atoms with Crippen LogP contribution in [0.15, 0.2) is 54.7 Å². The maximum atomic E-state index is 13.1. The van der Waals surface area contributed by atoms with E-state index in [1.807, 2.05) is 59.3 Å². The van der Waals surface area contributed by atoms with Gasteiger partial charge in [0.25, 0.3) is 0 Å². The first-order valence-electron chi connectivity index (χ1n) is 11.9. The zero-order chi connectivity index (χ0) is 23.9. The molecule has 1 aliphatic heterocycles. The summed E-state index contributed by atoms with van der Waals surface area (Å²) in [5.41, 5.74) is 3.72. The average Bonchev–Trinajstić information content (AvgIpc) is 3.23. The number of nitriles is 1. The quantitative estimate of drug-likeness (QED) is 0.497. The molecule has 1 amide bonds. The molecule has 176 valence electrons. The minimum absolute atomic E-state index is 0.00407. The Kier molecular flexibility index (Phi) is 7.73. The van der Waals surface area contributed by atoms with Gasteiger partial charge in [0.2, 0.25) is 5.91 Å². The number of nitrogens with one attached hydrogen (secondary N) is 1. The third-order valence-electron chi connectivity index (χ3n) is 6.43. The predicted octanol–water partition coefficient (Wildman–Crippen LogP) is 3.56. The summed E-state index contributed by atoms with van der Waals surface area (Å²) < 4.78 is 2.00. The number of aryl methyl sites for hydroxylation is 2. The lowest BCUT2D eigenvalue weighted by Crippen LogP contribution is -2.49. The second-order valence-corrected chi connectivity index (χ2v) is 8.70. The molecule has 1 N–H and O–H groups in total. The molecule has 1 aliphatic rings. The van der Waals surface area contributed by atoms with E-state index in [0.717, 1.165) is 54.8 Å². The van der Waals surface area contributed by atoms with Gasteiger partial charge in [0, 0.05) is 61.1 Å². The van der Waals surface area contributed by atoms with Gasteiger partial charge in [-0.1, -0.05) is 43.3 Å². The number of hydrogen-bond donors (Lipinski definition) is 1. The van der Waals surface area contributed by atoms with E-state index >= 15 is 0 Å². The highest BCUT2D eigenvalue weighted by Crippen LogP contribution is 2.23. The highest BCUT2D eigenvalue weighted by atomic mass is 16.2. The summed E-state index contributed by atoms with van der Waals surface area (Å²) in [5, 5.41) is 12.9. The molecule has 0 radical (unpaired) electrons. The number of piperazine rings is 1. The third kappa shape index (κ3) is 5.53. The molecule has 0 atom stereocenters. The summed E-state index contributed by atoms with van der Waals surface area (Å²) in [5.74, 6) is 0.0879. The molecular weight excluding hydrogens is 426 g/mol. The van der Waals surface area contributed by atoms with Gasteiger partial charge in [-0.25, -0.2) is 0 Å². The maximum Gasteiger partial charge on any atom is 0.238 e. The highest BCUT2D eigenvalue weighted by Gasteiger charge is 2.23. The molecule has 2 aromatic carbocycles. The fraction of sp³-hybridized carbons (Fsp3) is 0.370. The van der Waals surface area contributed by atoms with Gasteiger partial charge in [-0.2, -0.15) is 5.26 Å². The van der Waals surface area contributed by atoms with Crippen molar-refractivity contribution in [2.45, 2.75) is 26.3 Å². The van der Waals surface area contributed by atoms with Gasteiger partial charge in [0.15, 0.2) is 5.78 Å². The molecule has 7 heteroatoms. The van der Waals surface area contributed by atoms with Crippen LogP contribution >= 0.6 is 0 Å². The Morgan fingerprint density at radius 2 is 1.65 bits per heavy atom. The van der Waals surface area contributed by atoms with Gasteiger partial charge in [0.1, 0.15) is 0 Å². The first kappa shape index (κ1) is 23.7. The summed E-state index contributed by atoms with van der Waals surface area (Å²) in [6, 6.07) is 17.9. The van der Waals surface area contributed by atoms with Crippen LogP contribution in [0.25, 0.3) is 10.9 Å². The Labute approximate surface area is 200 Å². The molecule has 1 fully saturated rings. The molecule has 3 aromatic rings. The second kappa shape index (κ2) is 11.1. The molecule has 34 heavy (non-hydrogen) atoms. The molecule has 1 aromatic heterocycles. The number of carbonyl (C=O) groups is 2. The van der Waals surface area contributed by atoms with Crippen LogP contribution in [-0.4, -0.2) is 65.3 Å². The van der Waals surface area contributed by atoms with Crippen LogP contribution in [-0.2, 0) is 17.8 Å². The van der Waals surface area contributed by atoms with E-state index in [0.29, 0.717) is 31.6 Å². The van der Waals surface area contributed by atoms with Crippen molar-refractivity contribution in [1.82, 2.24) is 14.4 Å². The van der Waals surface area contributed by atoms with Gasteiger partial charge in [0.05, 0.1) is 25.6 Å². The Balaban J connectivity index is 1.31. The Morgan fingerprint density at radius 1 is 0.971 bits per heavy atom. The molecule has 0 spiro atoms. The normalized spacial score (nSPS) is 14.7. The number of hydrogen-bond acceptors (Lipinski definition) is 5. The molecule has 7 nitrogen and oxygen atoms in total. The summed E-state index contributed by atoms with van der Waals surface area (Å²) >= 11 is 0. The predicted molar refractivity (Wildman–Crippen MR) is 134 cm³/mol. The van der Waals surface area contributed by atoms with E-state index < -0.39 is 0 Å². The van der Waals surface area contributed by atoms with Crippen molar-refractivity contribution in [3.05, 3.63) is 65.9 Å². The smallest absolute Gasteiger partial charge is 0.238 e. The number of para-hydroxylation sites is 2. The summed E-state index contributed by atoms with van der Waals surface area (Å²) in [6.45, 7) is 6.36. The number of benzene rings is 2. The van der Waals surface area contributed by atoms with Gasteiger partial charge in [-0.05, 0) is 24.1 Å². The first-order chi connectivity index (χ1) is 16.6. The van der Waals surface area contributed by atoms with E-state index in [2.05, 4.69) is 28.1 Å². The lowest BCUT2D eigenvalue weighted by molar-refractivity contribution is -0.117. The number of ketones is 1. The average molecular weight is 458 g/mol. The van der Waals surface area contributed by atoms with E-state index in [4.69, 9.17) is 5.26 Å². The van der Waals surface area contributed by atoms with Crippen molar-refractivity contribution in [3.8, 4) is 6.07 Å². The lowest BCUT2D eigenvalue weighted by atomic mass is 10.1. The van der Waals surface area contributed by atoms with E-state index in [1.54, 1.807) is 0 Å². The van der Waals surface area contributed by atoms with Gasteiger partial charge in [-0.15, -0.1) is 0 Å². The van der Waals surface area contributed by atoms with Gasteiger partial charge < -0.3 is 9.88 Å². The fourth-order valence-electron chi connectivity index (χ4n) is 4.56. The maximum absolute atomic E-state index is 13.1. The van der Waals surface area contributed by atoms with Crippen LogP contribution in [0.1, 0.15) is 29.3 Å². The number of carbonyl (C=O) groups excluding carboxylic acids is 2. The van der Waals surface area contributed by atoms with Crippen molar-refractivity contribution in [1.29, 1.82) is 5.26 Å². The third-order valence-corrected chi connectivity index (χ3v) is 6.43. The molecule has 0 saturated carbocycles. The number of anilines is 1. The number of fused-ring (bicyclic) bond motifs is 1. The van der Waals surface area contributed by atoms with Crippen LogP contribution in [0.5, 0.6) is 0 Å². The molecule has 4 rings (SSSR count). The zero-order valence-electron chi connectivity index (χ0n) is 19.7. The van der Waals surface area contributed by atoms with Crippen molar-refractivity contribution in [2.75, 3.05) is 44.6 Å². The second-order valence-electron chi connectivity index (χ2n) is 8.70. The first-order valence-corrected chi connectivity index (χ1v) is 11.9. The lowest BCUT2D eigenvalue weighted by Gasteiger charge is -2.33. The van der Waals surface area contributed by atoms with Crippen molar-refractivity contribution in [3.63, 3.8) is 0 Å². The summed E-state index contributed by atoms with van der Waals surface area (Å²) in [7, 11) is 0. The number of nitrogens with zero attached hydrogens (tertiary/aromatic N) is 4. The number of aromatic nitrogens is 1. The zero-order valence-corrected chi connectivity index (χ0v) is 19.7. The van der Waals surface area contributed by atoms with Crippen LogP contribution in [0.4, 0.5) is 5.69 Å². The summed E-state index contributed by atoms with van der Waals surface area (Å²) in [6.07, 6.45) is 3.17. The number of Topliss-reactive ketones (excluding diaryl/α,β-unsaturated/α-hetero) is 1. The van der Waals surface area contributed by atoms with E-state index in [-0.39, 0.29) is 11.7 Å². The topological polar surface area (TPSA) is 81.4 Å². The van der Waals surface area contributed by atoms with Crippen molar-refractivity contribution in [2.24, 2.45) is 0 Å². The Hall–Kier alpha value is -3.47. The SMILES string of the molecule is CCc1ccccc1NC(=O)CN1CCN(CC(=O)c2cn(CCC#N)c3ccccc23)CC1. The van der Waals surface area contributed by atoms with Gasteiger partial charge in [-0.3, -0.25) is 19.4 Å². The van der Waals surface area contributed by atoms with Crippen LogP contribution < -0.4 is 5.32 Å². The summed E-state index contributed by atoms with van der Waals surface area (Å²) in [4.78, 5) is 30.0. The van der Waals surface area contributed by atoms with Crippen molar-refractivity contribution >= 4 is 28.3 Å². The standard InChI is InChI=1S/C27H31N5O2/c1-2-21-8-3-5-10-24(21)29-27(34)20-31-16-14-30(15-17-31)19-26(33)23-18-32(13-7-12-28)25-11-6-4-9-22(23)25/h3-6,8-11,18H,2,7,13-17,19-20H2,1H3,(H,29,34). The van der Waals surface area contributed by atoms with Gasteiger partial charge >= 0.3 is 0 Å². The molecule has 2 heterocycles. The van der Waals surface area contributed by atoms with Crippen LogP contribution in [0.3, 0.4) is 0 Å². The molecule has 0 unspecified atom stereocenters. The fourth-order valence-corrected chi connectivity index (χ4v) is 4.56. The minimum atomic E-state index is -0.00407. The molecule has 0 bridgehead atoms. The van der Waals surface area contributed by atoms with Crippen LogP contribution in [0, 0.1) is 11.3 Å². The Bertz CT molecular complexity index is 1200. The van der Waals surface area contributed by atoms with Crippen LogP contribution in [0.2, 0.25) is 0 Å². The Morgan fingerprint density at radius 3 is 2.38 bits per heavy atom. The minimum Gasteiger partial charge on any atom is -0.346 e. The number of amides is 1. The van der Waals surface area contributed by atoms with E-state index in [9.17, 15) is 9.59 Å². The largest absolute Gasteiger partial charge is 0.346 e. The highest BCUT2D eigenvalue weighted by molar-refractivity contribution is 6.09. The number of rotatable bonds is 9. The van der Waals surface area contributed by atoms with E-state index in [1.165, 1.54) is 0 Å². The molecule has 1 saturated heterocycles. The van der Waals surface area contributed by atoms with Crippen molar-refractivity contribution < 1.29 is 9.59 Å².